The number of H-pyrrole nitrogens is 1. The summed E-state index contributed by atoms with van der Waals surface area (Å²) in [7, 11) is 0. The number of anilines is 1. The van der Waals surface area contributed by atoms with Gasteiger partial charge >= 0.3 is 0 Å². The molecule has 0 spiro atoms. The summed E-state index contributed by atoms with van der Waals surface area (Å²) in [5.74, 6) is -0.564. The molecule has 8 nitrogen and oxygen atoms in total. The summed E-state index contributed by atoms with van der Waals surface area (Å²) < 4.78 is 0. The zero-order valence-corrected chi connectivity index (χ0v) is 10.4. The molecule has 0 unspecified atom stereocenters. The number of benzene rings is 1. The molecule has 1 heterocycles. The fraction of sp³-hybridized carbons (Fsp3) is 0.0833. The van der Waals surface area contributed by atoms with Crippen molar-refractivity contribution in [3.63, 3.8) is 0 Å². The van der Waals surface area contributed by atoms with Gasteiger partial charge in [-0.25, -0.2) is 0 Å². The van der Waals surface area contributed by atoms with Gasteiger partial charge in [-0.1, -0.05) is 12.1 Å². The van der Waals surface area contributed by atoms with Gasteiger partial charge in [-0.2, -0.15) is 10.4 Å². The highest BCUT2D eigenvalue weighted by Gasteiger charge is 2.23. The SMILES string of the molecule is Cc1cccc([N+](=O)[O-])c1C(=O)Nc1[nH]ncc1C#N. The normalized spacial score (nSPS) is 9.80. The van der Waals surface area contributed by atoms with Crippen LogP contribution in [0.1, 0.15) is 21.5 Å². The van der Waals surface area contributed by atoms with Gasteiger partial charge in [0.15, 0.2) is 0 Å². The van der Waals surface area contributed by atoms with E-state index in [1.54, 1.807) is 13.0 Å². The lowest BCUT2D eigenvalue weighted by Crippen LogP contribution is -2.16. The first-order valence-electron chi connectivity index (χ1n) is 5.53. The van der Waals surface area contributed by atoms with E-state index >= 15 is 0 Å². The summed E-state index contributed by atoms with van der Waals surface area (Å²) in [6.45, 7) is 1.60. The molecule has 0 saturated heterocycles. The monoisotopic (exact) mass is 271 g/mol. The van der Waals surface area contributed by atoms with Crippen LogP contribution in [0.15, 0.2) is 24.4 Å². The number of nitro groups is 1. The first kappa shape index (κ1) is 13.2. The zero-order chi connectivity index (χ0) is 14.7. The van der Waals surface area contributed by atoms with Crippen molar-refractivity contribution in [2.75, 3.05) is 5.32 Å². The van der Waals surface area contributed by atoms with Crippen molar-refractivity contribution in [2.45, 2.75) is 6.92 Å². The van der Waals surface area contributed by atoms with Crippen LogP contribution in [0.2, 0.25) is 0 Å². The van der Waals surface area contributed by atoms with Crippen LogP contribution in [0.3, 0.4) is 0 Å². The molecule has 0 fully saturated rings. The van der Waals surface area contributed by atoms with E-state index in [2.05, 4.69) is 15.5 Å². The van der Waals surface area contributed by atoms with Crippen molar-refractivity contribution >= 4 is 17.4 Å². The maximum Gasteiger partial charge on any atom is 0.282 e. The van der Waals surface area contributed by atoms with E-state index in [9.17, 15) is 14.9 Å². The zero-order valence-electron chi connectivity index (χ0n) is 10.4. The number of carbonyl (C=O) groups is 1. The van der Waals surface area contributed by atoms with E-state index in [4.69, 9.17) is 5.26 Å². The largest absolute Gasteiger partial charge is 0.306 e. The average Bonchev–Trinajstić information content (AvgIpc) is 2.85. The minimum Gasteiger partial charge on any atom is -0.306 e. The number of rotatable bonds is 3. The second kappa shape index (κ2) is 5.19. The van der Waals surface area contributed by atoms with Crippen molar-refractivity contribution in [3.8, 4) is 6.07 Å². The van der Waals surface area contributed by atoms with Gasteiger partial charge in [0.05, 0.1) is 11.1 Å². The van der Waals surface area contributed by atoms with Crippen LogP contribution in [0.5, 0.6) is 0 Å². The lowest BCUT2D eigenvalue weighted by Gasteiger charge is -2.06. The first-order valence-corrected chi connectivity index (χ1v) is 5.53. The smallest absolute Gasteiger partial charge is 0.282 e. The topological polar surface area (TPSA) is 125 Å². The maximum atomic E-state index is 12.2. The average molecular weight is 271 g/mol. The van der Waals surface area contributed by atoms with Crippen molar-refractivity contribution < 1.29 is 9.72 Å². The molecule has 0 aliphatic heterocycles. The number of hydrogen-bond acceptors (Lipinski definition) is 5. The van der Waals surface area contributed by atoms with Gasteiger partial charge in [-0.15, -0.1) is 0 Å². The molecule has 20 heavy (non-hydrogen) atoms. The van der Waals surface area contributed by atoms with Crippen LogP contribution in [-0.2, 0) is 0 Å². The predicted octanol–water partition coefficient (Wildman–Crippen LogP) is 1.75. The first-order chi connectivity index (χ1) is 9.54. The summed E-state index contributed by atoms with van der Waals surface area (Å²) in [5.41, 5.74) is 0.279. The van der Waals surface area contributed by atoms with Gasteiger partial charge in [0, 0.05) is 6.07 Å². The highest BCUT2D eigenvalue weighted by molar-refractivity contribution is 6.08. The van der Waals surface area contributed by atoms with E-state index in [0.717, 1.165) is 0 Å². The Morgan fingerprint density at radius 1 is 1.55 bits per heavy atom. The molecule has 2 N–H and O–H groups in total. The van der Waals surface area contributed by atoms with E-state index < -0.39 is 10.8 Å². The number of carbonyl (C=O) groups excluding carboxylic acids is 1. The molecule has 0 saturated carbocycles. The molecule has 0 bridgehead atoms. The van der Waals surface area contributed by atoms with E-state index in [0.29, 0.717) is 5.56 Å². The summed E-state index contributed by atoms with van der Waals surface area (Å²) in [6.07, 6.45) is 1.25. The molecule has 1 amide bonds. The van der Waals surface area contributed by atoms with Gasteiger partial charge in [0.25, 0.3) is 11.6 Å². The molecule has 8 heteroatoms. The number of aromatic nitrogens is 2. The van der Waals surface area contributed by atoms with Crippen LogP contribution in [0.4, 0.5) is 11.5 Å². The Kier molecular flexibility index (Phi) is 3.43. The number of aromatic amines is 1. The van der Waals surface area contributed by atoms with Crippen LogP contribution in [-0.4, -0.2) is 21.0 Å². The second-order valence-electron chi connectivity index (χ2n) is 3.95. The van der Waals surface area contributed by atoms with Crippen LogP contribution >= 0.6 is 0 Å². The summed E-state index contributed by atoms with van der Waals surface area (Å²) in [4.78, 5) is 22.5. The highest BCUT2D eigenvalue weighted by atomic mass is 16.6. The Hall–Kier alpha value is -3.21. The minimum atomic E-state index is -0.671. The Bertz CT molecular complexity index is 729. The summed E-state index contributed by atoms with van der Waals surface area (Å²) >= 11 is 0. The standard InChI is InChI=1S/C12H9N5O3/c1-7-3-2-4-9(17(19)20)10(7)12(18)15-11-8(5-13)6-14-16-11/h2-4,6H,1H3,(H2,14,15,16,18). The molecular weight excluding hydrogens is 262 g/mol. The maximum absolute atomic E-state index is 12.2. The number of nitro benzene ring substituents is 1. The number of nitrogens with one attached hydrogen (secondary N) is 2. The third-order valence-corrected chi connectivity index (χ3v) is 2.67. The molecule has 0 atom stereocenters. The third kappa shape index (κ3) is 2.32. The van der Waals surface area contributed by atoms with E-state index in [1.165, 1.54) is 18.3 Å². The third-order valence-electron chi connectivity index (χ3n) is 2.67. The van der Waals surface area contributed by atoms with Gasteiger partial charge in [0.2, 0.25) is 0 Å². The van der Waals surface area contributed by atoms with E-state index in [-0.39, 0.29) is 22.6 Å². The van der Waals surface area contributed by atoms with Gasteiger partial charge in [-0.05, 0) is 12.5 Å². The number of nitrogens with zero attached hydrogens (tertiary/aromatic N) is 3. The Balaban J connectivity index is 2.40. The number of aryl methyl sites for hydroxylation is 1. The van der Waals surface area contributed by atoms with Crippen LogP contribution in [0.25, 0.3) is 0 Å². The quantitative estimate of drug-likeness (QED) is 0.649. The van der Waals surface area contributed by atoms with Crippen LogP contribution in [0, 0.1) is 28.4 Å². The molecule has 1 aromatic carbocycles. The lowest BCUT2D eigenvalue weighted by molar-refractivity contribution is -0.385. The fourth-order valence-electron chi connectivity index (χ4n) is 1.74. The number of nitriles is 1. The van der Waals surface area contributed by atoms with Gasteiger partial charge < -0.3 is 5.32 Å². The minimum absolute atomic E-state index is 0.0454. The lowest BCUT2D eigenvalue weighted by atomic mass is 10.1. The Morgan fingerprint density at radius 2 is 2.30 bits per heavy atom. The molecule has 0 aliphatic carbocycles. The van der Waals surface area contributed by atoms with Crippen molar-refractivity contribution in [1.29, 1.82) is 5.26 Å². The molecule has 0 aliphatic rings. The molecular formula is C12H9N5O3. The molecule has 1 aromatic heterocycles. The van der Waals surface area contributed by atoms with E-state index in [1.807, 2.05) is 6.07 Å². The highest BCUT2D eigenvalue weighted by Crippen LogP contribution is 2.23. The summed E-state index contributed by atoms with van der Waals surface area (Å²) in [5, 5.41) is 28.3. The number of amides is 1. The van der Waals surface area contributed by atoms with Crippen molar-refractivity contribution in [2.24, 2.45) is 0 Å². The molecule has 100 valence electrons. The van der Waals surface area contributed by atoms with Gasteiger partial charge in [0.1, 0.15) is 23.0 Å². The van der Waals surface area contributed by atoms with Crippen molar-refractivity contribution in [1.82, 2.24) is 10.2 Å². The Morgan fingerprint density at radius 3 is 2.95 bits per heavy atom. The second-order valence-corrected chi connectivity index (χ2v) is 3.95. The molecule has 2 rings (SSSR count). The fourth-order valence-corrected chi connectivity index (χ4v) is 1.74. The Labute approximate surface area is 113 Å². The predicted molar refractivity (Wildman–Crippen MR) is 69.1 cm³/mol. The molecule has 0 radical (unpaired) electrons. The van der Waals surface area contributed by atoms with Crippen molar-refractivity contribution in [3.05, 3.63) is 51.2 Å². The van der Waals surface area contributed by atoms with Crippen LogP contribution < -0.4 is 5.32 Å². The number of hydrogen-bond donors (Lipinski definition) is 2. The summed E-state index contributed by atoms with van der Waals surface area (Å²) in [6, 6.07) is 6.19. The van der Waals surface area contributed by atoms with Gasteiger partial charge in [-0.3, -0.25) is 20.0 Å². The molecule has 2 aromatic rings.